The van der Waals surface area contributed by atoms with Crippen molar-refractivity contribution in [2.24, 2.45) is 0 Å². The Kier molecular flexibility index (Phi) is 3.80. The van der Waals surface area contributed by atoms with Crippen LogP contribution in [-0.2, 0) is 14.3 Å². The van der Waals surface area contributed by atoms with Gasteiger partial charge in [0.1, 0.15) is 0 Å². The molecule has 0 fully saturated rings. The van der Waals surface area contributed by atoms with E-state index in [1.54, 1.807) is 6.92 Å². The summed E-state index contributed by atoms with van der Waals surface area (Å²) in [6.45, 7) is -0.596. The van der Waals surface area contributed by atoms with Crippen molar-refractivity contribution in [1.82, 2.24) is 0 Å². The summed E-state index contributed by atoms with van der Waals surface area (Å²) in [5.41, 5.74) is 0. The second kappa shape index (κ2) is 3.87. The molecule has 0 heterocycles. The highest BCUT2D eigenvalue weighted by Crippen LogP contribution is 1.97. The molecule has 0 atom stereocenters. The number of hydrogen-bond donors (Lipinski definition) is 2. The van der Waals surface area contributed by atoms with Gasteiger partial charge in [0.2, 0.25) is 0 Å². The molecule has 0 radical (unpaired) electrons. The third kappa shape index (κ3) is 4.68. The number of hydrogen-bond acceptors (Lipinski definition) is 5. The molecule has 0 aromatic carbocycles. The van der Waals surface area contributed by atoms with Crippen molar-refractivity contribution >= 4 is 10.1 Å². The van der Waals surface area contributed by atoms with Crippen LogP contribution < -0.4 is 0 Å². The highest BCUT2D eigenvalue weighted by molar-refractivity contribution is 7.86. The van der Waals surface area contributed by atoms with E-state index in [4.69, 9.17) is 10.2 Å². The third-order valence-corrected chi connectivity index (χ3v) is 2.06. The van der Waals surface area contributed by atoms with Gasteiger partial charge in [0, 0.05) is 0 Å². The Hall–Kier alpha value is -0.170. The van der Waals surface area contributed by atoms with Gasteiger partial charge in [0.15, 0.2) is 0 Å². The largest absolute Gasteiger partial charge is 0.345 e. The van der Waals surface area contributed by atoms with Crippen LogP contribution in [0.1, 0.15) is 13.3 Å². The van der Waals surface area contributed by atoms with E-state index in [0.29, 0.717) is 6.42 Å². The predicted molar refractivity (Wildman–Crippen MR) is 33.4 cm³/mol. The lowest BCUT2D eigenvalue weighted by Gasteiger charge is -2.03. The van der Waals surface area contributed by atoms with E-state index < -0.39 is 16.6 Å². The molecule has 6 heteroatoms. The first-order valence-electron chi connectivity index (χ1n) is 2.75. The summed E-state index contributed by atoms with van der Waals surface area (Å²) in [7, 11) is -3.73. The zero-order valence-electron chi connectivity index (χ0n) is 5.52. The van der Waals surface area contributed by atoms with Gasteiger partial charge in [0.05, 0.1) is 5.75 Å². The highest BCUT2D eigenvalue weighted by atomic mass is 32.2. The maximum Gasteiger partial charge on any atom is 0.282 e. The monoisotopic (exact) mass is 170 g/mol. The van der Waals surface area contributed by atoms with E-state index in [0.717, 1.165) is 0 Å². The van der Waals surface area contributed by atoms with Gasteiger partial charge in [-0.1, -0.05) is 6.92 Å². The molecule has 10 heavy (non-hydrogen) atoms. The average molecular weight is 170 g/mol. The number of aliphatic hydroxyl groups is 2. The van der Waals surface area contributed by atoms with Gasteiger partial charge < -0.3 is 10.2 Å². The Morgan fingerprint density at radius 1 is 1.50 bits per heavy atom. The van der Waals surface area contributed by atoms with E-state index in [1.165, 1.54) is 0 Å². The number of rotatable bonds is 4. The van der Waals surface area contributed by atoms with Crippen LogP contribution in [0.2, 0.25) is 0 Å². The molecule has 0 bridgehead atoms. The van der Waals surface area contributed by atoms with Crippen LogP contribution in [0.3, 0.4) is 0 Å². The first-order valence-corrected chi connectivity index (χ1v) is 4.33. The van der Waals surface area contributed by atoms with Crippen LogP contribution in [0.5, 0.6) is 0 Å². The molecule has 0 rings (SSSR count). The van der Waals surface area contributed by atoms with Crippen LogP contribution in [0.15, 0.2) is 0 Å². The standard InChI is InChI=1S/C4H10O5S/c1-2-3-10(7,8)9-4(5)6/h4-6H,2-3H2,1H3. The van der Waals surface area contributed by atoms with Gasteiger partial charge >= 0.3 is 0 Å². The molecule has 0 aliphatic rings. The van der Waals surface area contributed by atoms with Crippen molar-refractivity contribution in [3.8, 4) is 0 Å². The van der Waals surface area contributed by atoms with Crippen LogP contribution in [0, 0.1) is 0 Å². The molecule has 0 unspecified atom stereocenters. The Morgan fingerprint density at radius 3 is 2.30 bits per heavy atom. The van der Waals surface area contributed by atoms with Crippen molar-refractivity contribution < 1.29 is 22.8 Å². The topological polar surface area (TPSA) is 83.8 Å². The fourth-order valence-corrected chi connectivity index (χ4v) is 1.29. The van der Waals surface area contributed by atoms with Crippen molar-refractivity contribution in [1.29, 1.82) is 0 Å². The van der Waals surface area contributed by atoms with Crippen molar-refractivity contribution in [2.45, 2.75) is 19.8 Å². The minimum Gasteiger partial charge on any atom is -0.345 e. The Morgan fingerprint density at radius 2 is 2.00 bits per heavy atom. The van der Waals surface area contributed by atoms with Gasteiger partial charge in [-0.25, -0.2) is 4.18 Å². The van der Waals surface area contributed by atoms with Gasteiger partial charge in [-0.3, -0.25) is 0 Å². The molecule has 5 nitrogen and oxygen atoms in total. The lowest BCUT2D eigenvalue weighted by molar-refractivity contribution is -0.176. The fourth-order valence-electron chi connectivity index (χ4n) is 0.429. The maximum absolute atomic E-state index is 10.5. The van der Waals surface area contributed by atoms with Gasteiger partial charge in [0.25, 0.3) is 16.6 Å². The molecule has 0 saturated heterocycles. The van der Waals surface area contributed by atoms with E-state index >= 15 is 0 Å². The summed E-state index contributed by atoms with van der Waals surface area (Å²) in [4.78, 5) is 0. The smallest absolute Gasteiger partial charge is 0.282 e. The quantitative estimate of drug-likeness (QED) is 0.418. The SMILES string of the molecule is CCCS(=O)(=O)OC(O)O. The first kappa shape index (κ1) is 9.83. The van der Waals surface area contributed by atoms with Gasteiger partial charge in [-0.2, -0.15) is 8.42 Å². The molecule has 0 aliphatic carbocycles. The van der Waals surface area contributed by atoms with Gasteiger partial charge in [-0.15, -0.1) is 0 Å². The molecular weight excluding hydrogens is 160 g/mol. The van der Waals surface area contributed by atoms with Crippen LogP contribution in [-0.4, -0.2) is 30.9 Å². The number of aliphatic hydroxyl groups excluding tert-OH is 1. The van der Waals surface area contributed by atoms with Crippen molar-refractivity contribution in [3.05, 3.63) is 0 Å². The first-order chi connectivity index (χ1) is 4.48. The van der Waals surface area contributed by atoms with Crippen LogP contribution in [0.25, 0.3) is 0 Å². The summed E-state index contributed by atoms with van der Waals surface area (Å²) in [5.74, 6) is -0.204. The van der Waals surface area contributed by atoms with E-state index in [9.17, 15) is 8.42 Å². The van der Waals surface area contributed by atoms with E-state index in [2.05, 4.69) is 4.18 Å². The van der Waals surface area contributed by atoms with Crippen LogP contribution in [0.4, 0.5) is 0 Å². The second-order valence-electron chi connectivity index (χ2n) is 1.68. The average Bonchev–Trinajstić information content (AvgIpc) is 1.59. The summed E-state index contributed by atoms with van der Waals surface area (Å²) in [6.07, 6.45) is 0.384. The van der Waals surface area contributed by atoms with E-state index in [1.807, 2.05) is 0 Å². The molecule has 2 N–H and O–H groups in total. The molecular formula is C4H10O5S. The lowest BCUT2D eigenvalue weighted by Crippen LogP contribution is -2.19. The molecule has 0 spiro atoms. The maximum atomic E-state index is 10.5. The Labute approximate surface area is 59.4 Å². The molecule has 0 saturated carbocycles. The summed E-state index contributed by atoms with van der Waals surface area (Å²) >= 11 is 0. The van der Waals surface area contributed by atoms with Gasteiger partial charge in [-0.05, 0) is 6.42 Å². The Bertz CT molecular complexity index is 170. The van der Waals surface area contributed by atoms with Crippen LogP contribution >= 0.6 is 0 Å². The normalized spacial score (nSPS) is 12.4. The van der Waals surface area contributed by atoms with Crippen molar-refractivity contribution in [2.75, 3.05) is 5.75 Å². The minimum absolute atomic E-state index is 0.204. The zero-order chi connectivity index (χ0) is 8.20. The minimum atomic E-state index is -3.73. The second-order valence-corrected chi connectivity index (χ2v) is 3.40. The highest BCUT2D eigenvalue weighted by Gasteiger charge is 2.13. The summed E-state index contributed by atoms with van der Waals surface area (Å²) < 4.78 is 24.8. The predicted octanol–water partition coefficient (Wildman–Crippen LogP) is -0.989. The molecule has 0 amide bonds. The molecule has 0 aromatic heterocycles. The Balaban J connectivity index is 3.89. The third-order valence-electron chi connectivity index (χ3n) is 0.687. The lowest BCUT2D eigenvalue weighted by atomic mass is 10.6. The van der Waals surface area contributed by atoms with E-state index in [-0.39, 0.29) is 5.75 Å². The fraction of sp³-hybridized carbons (Fsp3) is 1.00. The molecule has 0 aliphatic heterocycles. The summed E-state index contributed by atoms with van der Waals surface area (Å²) in [6, 6.07) is 0. The molecule has 62 valence electrons. The van der Waals surface area contributed by atoms with Crippen molar-refractivity contribution in [3.63, 3.8) is 0 Å². The molecule has 0 aromatic rings. The summed E-state index contributed by atoms with van der Waals surface area (Å²) in [5, 5.41) is 16.1. The zero-order valence-corrected chi connectivity index (χ0v) is 6.34.